The number of hydrogen-bond donors (Lipinski definition) is 2. The lowest BCUT2D eigenvalue weighted by Gasteiger charge is -2.14. The zero-order chi connectivity index (χ0) is 15.0. The molecule has 0 saturated carbocycles. The van der Waals surface area contributed by atoms with E-state index in [1.54, 1.807) is 0 Å². The normalized spacial score (nSPS) is 10.8. The summed E-state index contributed by atoms with van der Waals surface area (Å²) in [5.74, 6) is 0. The molecule has 3 aromatic rings. The number of aromatic nitrogens is 1. The van der Waals surface area contributed by atoms with E-state index in [1.165, 1.54) is 11.1 Å². The molecule has 3 nitrogen and oxygen atoms in total. The van der Waals surface area contributed by atoms with Crippen LogP contribution in [0.3, 0.4) is 0 Å². The number of rotatable bonds is 2. The first-order valence-electron chi connectivity index (χ1n) is 7.04. The van der Waals surface area contributed by atoms with Crippen LogP contribution in [-0.2, 0) is 0 Å². The first kappa shape index (κ1) is 13.4. The second kappa shape index (κ2) is 5.09. The fourth-order valence-corrected chi connectivity index (χ4v) is 2.57. The molecule has 0 unspecified atom stereocenters. The van der Waals surface area contributed by atoms with Gasteiger partial charge in [0, 0.05) is 39.7 Å². The molecule has 1 aromatic heterocycles. The molecule has 0 fully saturated rings. The molecule has 3 rings (SSSR count). The number of fused-ring (bicyclic) bond motifs is 1. The molecule has 0 aliphatic rings. The van der Waals surface area contributed by atoms with Crippen LogP contribution in [0.15, 0.2) is 42.6 Å². The zero-order valence-corrected chi connectivity index (χ0v) is 12.6. The second-order valence-electron chi connectivity index (χ2n) is 5.52. The summed E-state index contributed by atoms with van der Waals surface area (Å²) in [5, 5.41) is 5.59. The molecule has 106 valence electrons. The largest absolute Gasteiger partial charge is 0.398 e. The number of nitrogens with zero attached hydrogens (tertiary/aromatic N) is 1. The second-order valence-corrected chi connectivity index (χ2v) is 5.52. The van der Waals surface area contributed by atoms with Crippen molar-refractivity contribution in [1.82, 2.24) is 4.98 Å². The van der Waals surface area contributed by atoms with Crippen LogP contribution in [0.25, 0.3) is 10.8 Å². The molecule has 21 heavy (non-hydrogen) atoms. The van der Waals surface area contributed by atoms with E-state index in [0.29, 0.717) is 0 Å². The smallest absolute Gasteiger partial charge is 0.0466 e. The molecule has 0 bridgehead atoms. The summed E-state index contributed by atoms with van der Waals surface area (Å²) >= 11 is 0. The maximum atomic E-state index is 6.05. The minimum Gasteiger partial charge on any atom is -0.398 e. The maximum Gasteiger partial charge on any atom is 0.0466 e. The van der Waals surface area contributed by atoms with Crippen LogP contribution in [-0.4, -0.2) is 4.98 Å². The Kier molecular flexibility index (Phi) is 3.26. The highest BCUT2D eigenvalue weighted by atomic mass is 14.9. The maximum absolute atomic E-state index is 6.05. The predicted molar refractivity (Wildman–Crippen MR) is 90.1 cm³/mol. The van der Waals surface area contributed by atoms with E-state index in [0.717, 1.165) is 33.5 Å². The highest BCUT2D eigenvalue weighted by Gasteiger charge is 2.07. The van der Waals surface area contributed by atoms with Crippen molar-refractivity contribution in [3.8, 4) is 0 Å². The van der Waals surface area contributed by atoms with Gasteiger partial charge in [0.25, 0.3) is 0 Å². The first-order chi connectivity index (χ1) is 10.0. The number of aryl methyl sites for hydroxylation is 3. The Morgan fingerprint density at radius 2 is 1.67 bits per heavy atom. The van der Waals surface area contributed by atoms with E-state index in [4.69, 9.17) is 5.73 Å². The van der Waals surface area contributed by atoms with Gasteiger partial charge >= 0.3 is 0 Å². The van der Waals surface area contributed by atoms with Gasteiger partial charge in [-0.1, -0.05) is 17.7 Å². The predicted octanol–water partition coefficient (Wildman–Crippen LogP) is 4.49. The molecule has 0 amide bonds. The molecule has 3 N–H and O–H groups in total. The van der Waals surface area contributed by atoms with Crippen molar-refractivity contribution in [3.63, 3.8) is 0 Å². The Morgan fingerprint density at radius 1 is 0.905 bits per heavy atom. The van der Waals surface area contributed by atoms with Gasteiger partial charge in [0.05, 0.1) is 0 Å². The van der Waals surface area contributed by atoms with Crippen molar-refractivity contribution in [1.29, 1.82) is 0 Å². The molecule has 0 atom stereocenters. The lowest BCUT2D eigenvalue weighted by Crippen LogP contribution is -1.97. The first-order valence-corrected chi connectivity index (χ1v) is 7.04. The molecular formula is C18H19N3. The Hall–Kier alpha value is -2.55. The monoisotopic (exact) mass is 277 g/mol. The molecule has 0 aliphatic heterocycles. The van der Waals surface area contributed by atoms with Crippen molar-refractivity contribution in [2.45, 2.75) is 20.8 Å². The number of nitrogens with two attached hydrogens (primary N) is 1. The standard InChI is InChI=1S/C18H19N3/c1-11-4-6-17(12(2)8-11)21-18-7-5-16(19)15-10-20-13(3)9-14(15)18/h4-10,21H,19H2,1-3H3. The van der Waals surface area contributed by atoms with Gasteiger partial charge in [-0.15, -0.1) is 0 Å². The summed E-state index contributed by atoms with van der Waals surface area (Å²) in [6, 6.07) is 12.4. The lowest BCUT2D eigenvalue weighted by molar-refractivity contribution is 1.22. The average molecular weight is 277 g/mol. The Bertz CT molecular complexity index is 822. The number of hydrogen-bond acceptors (Lipinski definition) is 3. The summed E-state index contributed by atoms with van der Waals surface area (Å²) in [6.45, 7) is 6.20. The number of nitrogen functional groups attached to an aromatic ring is 1. The van der Waals surface area contributed by atoms with Crippen molar-refractivity contribution < 1.29 is 0 Å². The summed E-state index contributed by atoms with van der Waals surface area (Å²) in [5.41, 5.74) is 12.4. The summed E-state index contributed by atoms with van der Waals surface area (Å²) in [4.78, 5) is 4.34. The van der Waals surface area contributed by atoms with Gasteiger partial charge in [0.2, 0.25) is 0 Å². The minimum atomic E-state index is 0.753. The molecule has 0 spiro atoms. The van der Waals surface area contributed by atoms with Crippen LogP contribution >= 0.6 is 0 Å². The van der Waals surface area contributed by atoms with Gasteiger partial charge in [-0.25, -0.2) is 0 Å². The minimum absolute atomic E-state index is 0.753. The molecule has 0 radical (unpaired) electrons. The summed E-state index contributed by atoms with van der Waals surface area (Å²) in [7, 11) is 0. The van der Waals surface area contributed by atoms with Crippen molar-refractivity contribution in [2.24, 2.45) is 0 Å². The van der Waals surface area contributed by atoms with Crippen LogP contribution in [0.1, 0.15) is 16.8 Å². The molecule has 0 aliphatic carbocycles. The Labute approximate surface area is 124 Å². The van der Waals surface area contributed by atoms with E-state index >= 15 is 0 Å². The summed E-state index contributed by atoms with van der Waals surface area (Å²) < 4.78 is 0. The highest BCUT2D eigenvalue weighted by Crippen LogP contribution is 2.31. The van der Waals surface area contributed by atoms with Gasteiger partial charge in [0.15, 0.2) is 0 Å². The van der Waals surface area contributed by atoms with Crippen molar-refractivity contribution in [3.05, 3.63) is 59.4 Å². The average Bonchev–Trinajstić information content (AvgIpc) is 2.44. The highest BCUT2D eigenvalue weighted by molar-refractivity contribution is 6.01. The van der Waals surface area contributed by atoms with Crippen LogP contribution in [0.5, 0.6) is 0 Å². The molecule has 1 heterocycles. The van der Waals surface area contributed by atoms with E-state index in [9.17, 15) is 0 Å². The fourth-order valence-electron chi connectivity index (χ4n) is 2.57. The van der Waals surface area contributed by atoms with Gasteiger partial charge in [0.1, 0.15) is 0 Å². The Morgan fingerprint density at radius 3 is 2.43 bits per heavy atom. The van der Waals surface area contributed by atoms with E-state index < -0.39 is 0 Å². The number of pyridine rings is 1. The number of anilines is 3. The van der Waals surface area contributed by atoms with Gasteiger partial charge in [-0.05, 0) is 50.6 Å². The molecule has 3 heteroatoms. The topological polar surface area (TPSA) is 50.9 Å². The van der Waals surface area contributed by atoms with Gasteiger partial charge < -0.3 is 11.1 Å². The van der Waals surface area contributed by atoms with Crippen molar-refractivity contribution in [2.75, 3.05) is 11.1 Å². The van der Waals surface area contributed by atoms with Crippen LogP contribution in [0, 0.1) is 20.8 Å². The third-order valence-corrected chi connectivity index (χ3v) is 3.72. The summed E-state index contributed by atoms with van der Waals surface area (Å²) in [6.07, 6.45) is 1.84. The number of benzene rings is 2. The third kappa shape index (κ3) is 2.55. The van der Waals surface area contributed by atoms with E-state index in [1.807, 2.05) is 25.3 Å². The van der Waals surface area contributed by atoms with Crippen LogP contribution < -0.4 is 11.1 Å². The third-order valence-electron chi connectivity index (χ3n) is 3.72. The zero-order valence-electron chi connectivity index (χ0n) is 12.6. The van der Waals surface area contributed by atoms with E-state index in [-0.39, 0.29) is 0 Å². The van der Waals surface area contributed by atoms with Crippen LogP contribution in [0.4, 0.5) is 17.1 Å². The van der Waals surface area contributed by atoms with Crippen LogP contribution in [0.2, 0.25) is 0 Å². The van der Waals surface area contributed by atoms with Crippen molar-refractivity contribution >= 4 is 27.8 Å². The molecule has 2 aromatic carbocycles. The number of nitrogens with one attached hydrogen (secondary N) is 1. The van der Waals surface area contributed by atoms with Gasteiger partial charge in [-0.2, -0.15) is 0 Å². The molecular weight excluding hydrogens is 258 g/mol. The lowest BCUT2D eigenvalue weighted by atomic mass is 10.1. The molecule has 0 saturated heterocycles. The fraction of sp³-hybridized carbons (Fsp3) is 0.167. The quantitative estimate of drug-likeness (QED) is 0.679. The SMILES string of the molecule is Cc1ccc(Nc2ccc(N)c3cnc(C)cc23)c(C)c1. The van der Waals surface area contributed by atoms with Gasteiger partial charge in [-0.3, -0.25) is 4.98 Å². The Balaban J connectivity index is 2.12. The van der Waals surface area contributed by atoms with E-state index in [2.05, 4.69) is 48.4 Å².